The summed E-state index contributed by atoms with van der Waals surface area (Å²) in [7, 11) is -2.09. The molecule has 1 heterocycles. The van der Waals surface area contributed by atoms with Gasteiger partial charge in [0.05, 0.1) is 4.90 Å². The summed E-state index contributed by atoms with van der Waals surface area (Å²) < 4.78 is 55.3. The van der Waals surface area contributed by atoms with Crippen LogP contribution in [0.15, 0.2) is 29.2 Å². The fraction of sp³-hybridized carbons (Fsp3) is 0.458. The van der Waals surface area contributed by atoms with E-state index in [1.807, 2.05) is 33.8 Å². The van der Waals surface area contributed by atoms with Crippen LogP contribution in [0.2, 0.25) is 0 Å². The minimum absolute atomic E-state index is 0.0322. The Labute approximate surface area is 189 Å². The van der Waals surface area contributed by atoms with Gasteiger partial charge in [0.15, 0.2) is 0 Å². The fourth-order valence-electron chi connectivity index (χ4n) is 4.33. The Balaban J connectivity index is 1.70. The van der Waals surface area contributed by atoms with Gasteiger partial charge in [-0.15, -0.1) is 0 Å². The summed E-state index contributed by atoms with van der Waals surface area (Å²) in [5, 5.41) is 0. The third kappa shape index (κ3) is 4.71. The van der Waals surface area contributed by atoms with Crippen LogP contribution in [0.3, 0.4) is 0 Å². The molecular formula is C24H30F2N2O3S. The molecule has 1 amide bonds. The maximum atomic E-state index is 13.9. The van der Waals surface area contributed by atoms with E-state index >= 15 is 0 Å². The Morgan fingerprint density at radius 1 is 1.03 bits per heavy atom. The van der Waals surface area contributed by atoms with Crippen LogP contribution < -0.4 is 0 Å². The van der Waals surface area contributed by atoms with Crippen LogP contribution in [0.5, 0.6) is 0 Å². The normalized spacial score (nSPS) is 15.7. The minimum atomic E-state index is -3.67. The fourth-order valence-corrected chi connectivity index (χ4v) is 6.38. The molecule has 8 heteroatoms. The first-order chi connectivity index (χ1) is 14.9. The Morgan fingerprint density at radius 2 is 1.59 bits per heavy atom. The highest BCUT2D eigenvalue weighted by atomic mass is 32.2. The molecule has 2 aromatic rings. The lowest BCUT2D eigenvalue weighted by molar-refractivity contribution is -0.136. The van der Waals surface area contributed by atoms with Crippen LogP contribution >= 0.6 is 0 Å². The van der Waals surface area contributed by atoms with Crippen molar-refractivity contribution >= 4 is 15.9 Å². The molecule has 0 aliphatic carbocycles. The van der Waals surface area contributed by atoms with Gasteiger partial charge in [0.2, 0.25) is 15.9 Å². The first kappa shape index (κ1) is 24.3. The molecule has 0 unspecified atom stereocenters. The number of aryl methyl sites for hydroxylation is 2. The Morgan fingerprint density at radius 3 is 2.12 bits per heavy atom. The molecule has 1 aliphatic heterocycles. The van der Waals surface area contributed by atoms with E-state index in [0.29, 0.717) is 17.7 Å². The highest BCUT2D eigenvalue weighted by Gasteiger charge is 2.35. The SMILES string of the molecule is Cc1cc(C)c(C)c(S(=O)(=O)N2CCC(C(=O)N(C)Cc3ccc(F)cc3F)CC2)c1C. The van der Waals surface area contributed by atoms with Crippen molar-refractivity contribution < 1.29 is 22.0 Å². The van der Waals surface area contributed by atoms with E-state index in [-0.39, 0.29) is 37.0 Å². The number of nitrogens with zero attached hydrogens (tertiary/aromatic N) is 2. The van der Waals surface area contributed by atoms with Crippen LogP contribution in [-0.4, -0.2) is 43.7 Å². The molecule has 1 aliphatic rings. The second-order valence-corrected chi connectivity index (χ2v) is 10.6. The van der Waals surface area contributed by atoms with E-state index in [9.17, 15) is 22.0 Å². The number of amides is 1. The van der Waals surface area contributed by atoms with Gasteiger partial charge in [-0.05, 0) is 68.9 Å². The number of hydrogen-bond acceptors (Lipinski definition) is 3. The number of sulfonamides is 1. The van der Waals surface area contributed by atoms with E-state index in [1.165, 1.54) is 15.3 Å². The molecular weight excluding hydrogens is 434 g/mol. The zero-order chi connectivity index (χ0) is 23.8. The third-order valence-corrected chi connectivity index (χ3v) is 8.67. The molecule has 174 valence electrons. The summed E-state index contributed by atoms with van der Waals surface area (Å²) in [6.07, 6.45) is 0.800. The van der Waals surface area contributed by atoms with E-state index in [1.54, 1.807) is 7.05 Å². The van der Waals surface area contributed by atoms with E-state index in [4.69, 9.17) is 0 Å². The van der Waals surface area contributed by atoms with Crippen LogP contribution in [-0.2, 0) is 21.4 Å². The maximum absolute atomic E-state index is 13.9. The van der Waals surface area contributed by atoms with Crippen molar-refractivity contribution in [3.8, 4) is 0 Å². The molecule has 3 rings (SSSR count). The molecule has 0 bridgehead atoms. The van der Waals surface area contributed by atoms with Crippen molar-refractivity contribution in [3.63, 3.8) is 0 Å². The average molecular weight is 465 g/mol. The van der Waals surface area contributed by atoms with Crippen LogP contribution in [0.25, 0.3) is 0 Å². The Kier molecular flexibility index (Phi) is 7.05. The lowest BCUT2D eigenvalue weighted by Gasteiger charge is -2.33. The smallest absolute Gasteiger partial charge is 0.243 e. The van der Waals surface area contributed by atoms with Crippen LogP contribution in [0, 0.1) is 45.2 Å². The predicted molar refractivity (Wildman–Crippen MR) is 120 cm³/mol. The number of benzene rings is 2. The molecule has 0 saturated carbocycles. The van der Waals surface area contributed by atoms with Crippen molar-refractivity contribution in [3.05, 3.63) is 63.7 Å². The molecule has 1 fully saturated rings. The number of rotatable bonds is 5. The van der Waals surface area contributed by atoms with Gasteiger partial charge in [-0.25, -0.2) is 17.2 Å². The molecule has 2 aromatic carbocycles. The first-order valence-electron chi connectivity index (χ1n) is 10.7. The zero-order valence-corrected chi connectivity index (χ0v) is 20.0. The standard InChI is InChI=1S/C24H30F2N2O3S/c1-15-12-16(2)18(4)23(17(15)3)32(30,31)28-10-8-19(9-11-28)24(29)27(5)14-20-6-7-21(25)13-22(20)26/h6-7,12-13,19H,8-11,14H2,1-5H3. The van der Waals surface area contributed by atoms with E-state index in [2.05, 4.69) is 0 Å². The van der Waals surface area contributed by atoms with Crippen molar-refractivity contribution in [1.82, 2.24) is 9.21 Å². The quantitative estimate of drug-likeness (QED) is 0.665. The monoisotopic (exact) mass is 464 g/mol. The number of carbonyl (C=O) groups is 1. The second-order valence-electron chi connectivity index (χ2n) is 8.70. The first-order valence-corrected chi connectivity index (χ1v) is 12.1. The van der Waals surface area contributed by atoms with Crippen molar-refractivity contribution in [2.75, 3.05) is 20.1 Å². The molecule has 5 nitrogen and oxygen atoms in total. The summed E-state index contributed by atoms with van der Waals surface area (Å²) >= 11 is 0. The van der Waals surface area contributed by atoms with Gasteiger partial charge in [0, 0.05) is 44.2 Å². The molecule has 32 heavy (non-hydrogen) atoms. The summed E-state index contributed by atoms with van der Waals surface area (Å²) in [6.45, 7) is 8.01. The number of halogens is 2. The summed E-state index contributed by atoms with van der Waals surface area (Å²) in [5.41, 5.74) is 3.63. The maximum Gasteiger partial charge on any atom is 0.243 e. The van der Waals surface area contributed by atoms with Gasteiger partial charge in [-0.2, -0.15) is 4.31 Å². The lowest BCUT2D eigenvalue weighted by Crippen LogP contribution is -2.43. The van der Waals surface area contributed by atoms with E-state index < -0.39 is 21.7 Å². The van der Waals surface area contributed by atoms with Gasteiger partial charge < -0.3 is 4.90 Å². The topological polar surface area (TPSA) is 57.7 Å². The highest BCUT2D eigenvalue weighted by molar-refractivity contribution is 7.89. The number of hydrogen-bond donors (Lipinski definition) is 0. The van der Waals surface area contributed by atoms with Crippen molar-refractivity contribution in [2.24, 2.45) is 5.92 Å². The summed E-state index contributed by atoms with van der Waals surface area (Å²) in [4.78, 5) is 14.7. The van der Waals surface area contributed by atoms with Gasteiger partial charge in [-0.1, -0.05) is 12.1 Å². The number of carbonyl (C=O) groups excluding carboxylic acids is 1. The second kappa shape index (κ2) is 9.27. The minimum Gasteiger partial charge on any atom is -0.341 e. The lowest BCUT2D eigenvalue weighted by atomic mass is 9.96. The van der Waals surface area contributed by atoms with Crippen LogP contribution in [0.1, 0.15) is 40.7 Å². The van der Waals surface area contributed by atoms with Gasteiger partial charge in [-0.3, -0.25) is 4.79 Å². The summed E-state index contributed by atoms with van der Waals surface area (Å²) in [6, 6.07) is 5.29. The number of piperidine rings is 1. The molecule has 0 aromatic heterocycles. The van der Waals surface area contributed by atoms with Gasteiger partial charge in [0.25, 0.3) is 0 Å². The molecule has 0 atom stereocenters. The summed E-state index contributed by atoms with van der Waals surface area (Å²) in [5.74, 6) is -1.85. The van der Waals surface area contributed by atoms with Crippen LogP contribution in [0.4, 0.5) is 8.78 Å². The molecule has 0 N–H and O–H groups in total. The predicted octanol–water partition coefficient (Wildman–Crippen LogP) is 4.26. The van der Waals surface area contributed by atoms with Gasteiger partial charge >= 0.3 is 0 Å². The molecule has 0 spiro atoms. The van der Waals surface area contributed by atoms with Gasteiger partial charge in [0.1, 0.15) is 11.6 Å². The Bertz CT molecular complexity index is 1110. The Hall–Kier alpha value is -2.32. The van der Waals surface area contributed by atoms with Crippen molar-refractivity contribution in [1.29, 1.82) is 0 Å². The largest absolute Gasteiger partial charge is 0.341 e. The van der Waals surface area contributed by atoms with Crippen molar-refractivity contribution in [2.45, 2.75) is 52.0 Å². The highest BCUT2D eigenvalue weighted by Crippen LogP contribution is 2.31. The zero-order valence-electron chi connectivity index (χ0n) is 19.2. The third-order valence-electron chi connectivity index (χ3n) is 6.50. The molecule has 1 saturated heterocycles. The van der Waals surface area contributed by atoms with E-state index in [0.717, 1.165) is 34.4 Å². The molecule has 0 radical (unpaired) electrons. The average Bonchev–Trinajstić information content (AvgIpc) is 2.74.